The number of halogens is 1. The fourth-order valence-electron chi connectivity index (χ4n) is 1.35. The summed E-state index contributed by atoms with van der Waals surface area (Å²) in [5, 5.41) is 11.0. The van der Waals surface area contributed by atoms with Gasteiger partial charge in [0.05, 0.1) is 0 Å². The van der Waals surface area contributed by atoms with Gasteiger partial charge in [0, 0.05) is 0 Å². The van der Waals surface area contributed by atoms with Crippen LogP contribution in [0.1, 0.15) is 4.79 Å². The first-order valence-corrected chi connectivity index (χ1v) is 6.25. The second-order valence-electron chi connectivity index (χ2n) is 4.00. The van der Waals surface area contributed by atoms with Crippen molar-refractivity contribution in [2.75, 3.05) is 0 Å². The van der Waals surface area contributed by atoms with E-state index >= 15 is 0 Å². The van der Waals surface area contributed by atoms with E-state index in [0.29, 0.717) is 0 Å². The Bertz CT molecular complexity index is 952. The summed E-state index contributed by atoms with van der Waals surface area (Å²) in [5.41, 5.74) is -3.65. The molecular formula is C10H6B2FN5O8. The summed E-state index contributed by atoms with van der Waals surface area (Å²) in [6.07, 6.45) is -1.56. The summed E-state index contributed by atoms with van der Waals surface area (Å²) in [5.74, 6) is -6.66. The van der Waals surface area contributed by atoms with Crippen molar-refractivity contribution in [3.8, 4) is 0 Å². The third-order valence-corrected chi connectivity index (χ3v) is 2.30. The van der Waals surface area contributed by atoms with Crippen LogP contribution >= 0.6 is 0 Å². The number of hydrogen-bond acceptors (Lipinski definition) is 10. The molecule has 2 radical (unpaired) electrons. The van der Waals surface area contributed by atoms with Crippen LogP contribution in [-0.4, -0.2) is 53.9 Å². The van der Waals surface area contributed by atoms with E-state index in [1.807, 2.05) is 0 Å². The molecule has 0 aliphatic carbocycles. The van der Waals surface area contributed by atoms with Crippen molar-refractivity contribution >= 4 is 44.7 Å². The van der Waals surface area contributed by atoms with Crippen LogP contribution in [0.4, 0.5) is 14.0 Å². The first-order valence-electron chi connectivity index (χ1n) is 6.25. The van der Waals surface area contributed by atoms with Gasteiger partial charge in [-0.25, -0.2) is 0 Å². The third-order valence-electron chi connectivity index (χ3n) is 2.30. The second kappa shape index (κ2) is 8.41. The van der Waals surface area contributed by atoms with Gasteiger partial charge in [0.2, 0.25) is 0 Å². The van der Waals surface area contributed by atoms with Crippen LogP contribution in [0.15, 0.2) is 20.8 Å². The van der Waals surface area contributed by atoms with Crippen LogP contribution in [0.3, 0.4) is 0 Å². The fraction of sp³-hybridized carbons (Fsp3) is 0.100. The number of carbonyl (C=O) groups is 4. The number of amides is 2. The Balaban J connectivity index is 3.34. The predicted molar refractivity (Wildman–Crippen MR) is 79.6 cm³/mol. The van der Waals surface area contributed by atoms with Gasteiger partial charge in [0.1, 0.15) is 0 Å². The van der Waals surface area contributed by atoms with E-state index < -0.39 is 51.4 Å². The van der Waals surface area contributed by atoms with Gasteiger partial charge < -0.3 is 0 Å². The zero-order valence-electron chi connectivity index (χ0n) is 12.7. The molecule has 0 aliphatic rings. The summed E-state index contributed by atoms with van der Waals surface area (Å²) in [4.78, 5) is 73.6. The fourth-order valence-corrected chi connectivity index (χ4v) is 1.35. The SMILES string of the molecule is [B]C(=N)OC(=O)NC(=O)n1cc(F)c(=O)n(C(=O)C(=O)ON=BC)c1=O. The zero-order valence-corrected chi connectivity index (χ0v) is 12.7. The van der Waals surface area contributed by atoms with E-state index in [1.54, 1.807) is 0 Å². The van der Waals surface area contributed by atoms with Gasteiger partial charge in [-0.05, 0) is 0 Å². The van der Waals surface area contributed by atoms with Crippen molar-refractivity contribution in [2.24, 2.45) is 5.06 Å². The van der Waals surface area contributed by atoms with Crippen LogP contribution in [0.25, 0.3) is 0 Å². The topological polar surface area (TPSA) is 179 Å². The van der Waals surface area contributed by atoms with Gasteiger partial charge in [-0.3, -0.25) is 5.41 Å². The number of nitrogens with zero attached hydrogens (tertiary/aromatic N) is 3. The summed E-state index contributed by atoms with van der Waals surface area (Å²) >= 11 is 0. The summed E-state index contributed by atoms with van der Waals surface area (Å²) in [6.45, 7) is 1.31. The molecule has 132 valence electrons. The molecule has 2 amide bonds. The number of alkyl carbamates (subject to hydrolysis) is 1. The van der Waals surface area contributed by atoms with Gasteiger partial charge in [-0.1, -0.05) is 0 Å². The normalized spacial score (nSPS) is 9.92. The number of rotatable bonds is 1. The first-order chi connectivity index (χ1) is 12.1. The van der Waals surface area contributed by atoms with Crippen molar-refractivity contribution in [2.45, 2.75) is 6.82 Å². The Labute approximate surface area is 143 Å². The molecular weight excluding hydrogens is 359 g/mol. The molecule has 0 spiro atoms. The number of imide groups is 1. The number of hydrogen-bond donors (Lipinski definition) is 2. The van der Waals surface area contributed by atoms with Crippen molar-refractivity contribution in [1.29, 1.82) is 5.41 Å². The molecule has 0 atom stereocenters. The maximum absolute atomic E-state index is 13.6. The molecule has 2 N–H and O–H groups in total. The average Bonchev–Trinajstić information content (AvgIpc) is 2.54. The third kappa shape index (κ3) is 4.65. The van der Waals surface area contributed by atoms with Crippen molar-refractivity contribution in [3.05, 3.63) is 32.9 Å². The van der Waals surface area contributed by atoms with Gasteiger partial charge >= 0.3 is 129 Å². The molecule has 1 aromatic rings. The van der Waals surface area contributed by atoms with E-state index in [9.17, 15) is 33.2 Å². The number of nitrogens with one attached hydrogen (secondary N) is 2. The van der Waals surface area contributed by atoms with E-state index in [4.69, 9.17) is 13.3 Å². The van der Waals surface area contributed by atoms with E-state index in [-0.39, 0.29) is 10.8 Å². The van der Waals surface area contributed by atoms with Crippen LogP contribution < -0.4 is 16.6 Å². The Morgan fingerprint density at radius 3 is 2.50 bits per heavy atom. The number of aromatic nitrogens is 2. The van der Waals surface area contributed by atoms with E-state index in [1.165, 1.54) is 12.1 Å². The standard InChI is InChI=1S/C10H6B2FN5O8/c1-12-16-26-6(21)5(20)18-4(19)3(13)2-17(10(18)24)8(22)15-9(23)25-7(11)14/h2,14H,1H3,(H,15,22,23). The maximum atomic E-state index is 13.6. The van der Waals surface area contributed by atoms with Gasteiger partial charge in [0.25, 0.3) is 0 Å². The van der Waals surface area contributed by atoms with Crippen molar-refractivity contribution in [1.82, 2.24) is 14.5 Å². The molecule has 1 rings (SSSR count). The molecule has 0 aromatic carbocycles. The summed E-state index contributed by atoms with van der Waals surface area (Å²) < 4.78 is 16.8. The molecule has 1 heterocycles. The number of ether oxygens (including phenoxy) is 1. The minimum atomic E-state index is -1.95. The van der Waals surface area contributed by atoms with Crippen LogP contribution in [-0.2, 0) is 14.4 Å². The Kier molecular flexibility index (Phi) is 6.57. The molecule has 0 saturated carbocycles. The molecule has 0 fully saturated rings. The summed E-state index contributed by atoms with van der Waals surface area (Å²) in [7, 11) is 5.68. The monoisotopic (exact) mass is 365 g/mol. The molecule has 13 nitrogen and oxygen atoms in total. The number of carbonyl (C=O) groups excluding carboxylic acids is 4. The molecule has 0 unspecified atom stereocenters. The quantitative estimate of drug-likeness (QED) is 0.188. The average molecular weight is 365 g/mol. The molecule has 0 bridgehead atoms. The van der Waals surface area contributed by atoms with Gasteiger partial charge in [0.15, 0.2) is 7.85 Å². The molecule has 0 saturated heterocycles. The zero-order chi connectivity index (χ0) is 20.0. The van der Waals surface area contributed by atoms with E-state index in [0.717, 1.165) is 7.07 Å². The van der Waals surface area contributed by atoms with E-state index in [2.05, 4.69) is 14.6 Å². The molecule has 1 aromatic heterocycles. The molecule has 26 heavy (non-hydrogen) atoms. The Hall–Kier alpha value is -3.71. The van der Waals surface area contributed by atoms with Crippen LogP contribution in [0, 0.1) is 11.2 Å². The molecule has 16 heteroatoms. The summed E-state index contributed by atoms with van der Waals surface area (Å²) in [6, 6.07) is -1.68. The minimum absolute atomic E-state index is 0.0559. The van der Waals surface area contributed by atoms with Gasteiger partial charge in [-0.15, -0.1) is 0 Å². The van der Waals surface area contributed by atoms with Crippen LogP contribution in [0.2, 0.25) is 6.82 Å². The van der Waals surface area contributed by atoms with Crippen molar-refractivity contribution < 1.29 is 33.1 Å². The van der Waals surface area contributed by atoms with Crippen LogP contribution in [0.5, 0.6) is 0 Å². The predicted octanol–water partition coefficient (Wildman–Crippen LogP) is -2.02. The molecule has 0 aliphatic heterocycles. The second-order valence-corrected chi connectivity index (χ2v) is 4.00. The van der Waals surface area contributed by atoms with Crippen molar-refractivity contribution in [3.63, 3.8) is 0 Å². The Morgan fingerprint density at radius 1 is 1.35 bits per heavy atom. The Morgan fingerprint density at radius 2 is 1.96 bits per heavy atom. The van der Waals surface area contributed by atoms with Gasteiger partial charge in [-0.2, -0.15) is 0 Å². The first kappa shape index (κ1) is 20.3.